The molecule has 23 heavy (non-hydrogen) atoms. The fraction of sp³-hybridized carbons (Fsp3) is 0.286. The van der Waals surface area contributed by atoms with Gasteiger partial charge in [-0.05, 0) is 29.8 Å². The molecule has 0 aliphatic carbocycles. The van der Waals surface area contributed by atoms with Gasteiger partial charge in [-0.3, -0.25) is 4.79 Å². The third kappa shape index (κ3) is 2.52. The Morgan fingerprint density at radius 3 is 2.22 bits per heavy atom. The number of esters is 1. The molecule has 1 aromatic rings. The number of carbonyl (C=O) groups is 2. The van der Waals surface area contributed by atoms with E-state index in [0.717, 1.165) is 7.11 Å². The van der Waals surface area contributed by atoms with Crippen LogP contribution in [0.4, 0.5) is 13.2 Å². The number of methoxy groups -OCH3 is 2. The molecule has 1 amide bonds. The summed E-state index contributed by atoms with van der Waals surface area (Å²) >= 11 is 0. The van der Waals surface area contributed by atoms with Gasteiger partial charge in [0, 0.05) is 0 Å². The van der Waals surface area contributed by atoms with Crippen molar-refractivity contribution in [2.24, 2.45) is 0 Å². The van der Waals surface area contributed by atoms with Crippen LogP contribution in [0.5, 0.6) is 5.75 Å². The van der Waals surface area contributed by atoms with Crippen molar-refractivity contribution in [3.63, 3.8) is 0 Å². The molecule has 2 N–H and O–H groups in total. The molecule has 1 atom stereocenters. The second kappa shape index (κ2) is 5.58. The largest absolute Gasteiger partial charge is 0.497 e. The first-order valence-electron chi connectivity index (χ1n) is 6.24. The molecular formula is C14H12F3NO5. The number of benzene rings is 1. The molecule has 1 heterocycles. The number of carbonyl (C=O) groups excluding carboxylic acids is 2. The Bertz CT molecular complexity index is 681. The van der Waals surface area contributed by atoms with E-state index in [1.807, 2.05) is 5.32 Å². The van der Waals surface area contributed by atoms with Gasteiger partial charge in [-0.2, -0.15) is 13.2 Å². The molecule has 1 aliphatic heterocycles. The minimum Gasteiger partial charge on any atom is -0.497 e. The summed E-state index contributed by atoms with van der Waals surface area (Å²) in [6.07, 6.45) is -5.39. The minimum absolute atomic E-state index is 0.0831. The third-order valence-corrected chi connectivity index (χ3v) is 3.36. The fourth-order valence-corrected chi connectivity index (χ4v) is 2.16. The number of hydrogen-bond donors (Lipinski definition) is 2. The Morgan fingerprint density at radius 2 is 1.78 bits per heavy atom. The summed E-state index contributed by atoms with van der Waals surface area (Å²) in [5, 5.41) is 11.8. The maximum Gasteiger partial charge on any atom is 0.431 e. The van der Waals surface area contributed by atoms with E-state index < -0.39 is 34.9 Å². The molecule has 0 saturated heterocycles. The van der Waals surface area contributed by atoms with Crippen LogP contribution >= 0.6 is 0 Å². The average molecular weight is 331 g/mol. The summed E-state index contributed by atoms with van der Waals surface area (Å²) in [5.41, 5.74) is -5.57. The predicted octanol–water partition coefficient (Wildman–Crippen LogP) is 1.00. The van der Waals surface area contributed by atoms with Crippen molar-refractivity contribution in [1.29, 1.82) is 0 Å². The van der Waals surface area contributed by atoms with E-state index in [9.17, 15) is 27.9 Å². The smallest absolute Gasteiger partial charge is 0.431 e. The zero-order chi connectivity index (χ0) is 17.4. The lowest BCUT2D eigenvalue weighted by Crippen LogP contribution is -2.54. The second-order valence-electron chi connectivity index (χ2n) is 4.63. The second-order valence-corrected chi connectivity index (χ2v) is 4.63. The molecule has 0 aromatic heterocycles. The summed E-state index contributed by atoms with van der Waals surface area (Å²) < 4.78 is 48.7. The monoisotopic (exact) mass is 331 g/mol. The number of nitrogens with one attached hydrogen (secondary N) is 1. The predicted molar refractivity (Wildman–Crippen MR) is 71.1 cm³/mol. The maximum atomic E-state index is 13.2. The Hall–Kier alpha value is -2.55. The van der Waals surface area contributed by atoms with Gasteiger partial charge in [0.2, 0.25) is 0 Å². The van der Waals surface area contributed by atoms with Gasteiger partial charge in [0.15, 0.2) is 0 Å². The Kier molecular flexibility index (Phi) is 4.08. The normalized spacial score (nSPS) is 21.2. The molecule has 2 rings (SSSR count). The summed E-state index contributed by atoms with van der Waals surface area (Å²) in [7, 11) is 2.24. The van der Waals surface area contributed by atoms with Crippen LogP contribution in [0, 0.1) is 0 Å². The molecule has 124 valence electrons. The van der Waals surface area contributed by atoms with Gasteiger partial charge >= 0.3 is 12.1 Å². The standard InChI is InChI=1S/C14H12F3NO5/c1-22-8-5-3-7(4-6-8)10-9(11(19)23-2)13(21,12(20)18-10)14(15,16)17/h3-6,21H,1-2H3,(H,18,20). The van der Waals surface area contributed by atoms with Crippen LogP contribution in [-0.2, 0) is 14.3 Å². The number of rotatable bonds is 3. The molecule has 1 unspecified atom stereocenters. The molecule has 9 heteroatoms. The first-order chi connectivity index (χ1) is 10.7. The van der Waals surface area contributed by atoms with E-state index >= 15 is 0 Å². The van der Waals surface area contributed by atoms with E-state index in [4.69, 9.17) is 4.74 Å². The van der Waals surface area contributed by atoms with Crippen LogP contribution in [0.25, 0.3) is 5.70 Å². The van der Waals surface area contributed by atoms with E-state index in [1.165, 1.54) is 31.4 Å². The third-order valence-electron chi connectivity index (χ3n) is 3.36. The number of halogens is 3. The van der Waals surface area contributed by atoms with Crippen molar-refractivity contribution in [3.8, 4) is 5.75 Å². The average Bonchev–Trinajstić information content (AvgIpc) is 2.79. The van der Waals surface area contributed by atoms with Crippen LogP contribution in [-0.4, -0.2) is 43.0 Å². The maximum absolute atomic E-state index is 13.2. The van der Waals surface area contributed by atoms with Crippen molar-refractivity contribution in [1.82, 2.24) is 5.32 Å². The van der Waals surface area contributed by atoms with Crippen molar-refractivity contribution >= 4 is 17.6 Å². The highest BCUT2D eigenvalue weighted by molar-refractivity contribution is 6.15. The Morgan fingerprint density at radius 1 is 1.22 bits per heavy atom. The zero-order valence-corrected chi connectivity index (χ0v) is 12.0. The molecular weight excluding hydrogens is 319 g/mol. The first-order valence-corrected chi connectivity index (χ1v) is 6.24. The highest BCUT2D eigenvalue weighted by atomic mass is 19.4. The number of ether oxygens (including phenoxy) is 2. The van der Waals surface area contributed by atoms with Crippen LogP contribution in [0.2, 0.25) is 0 Å². The van der Waals surface area contributed by atoms with Gasteiger partial charge in [0.1, 0.15) is 11.3 Å². The lowest BCUT2D eigenvalue weighted by atomic mass is 9.92. The zero-order valence-electron chi connectivity index (χ0n) is 12.0. The lowest BCUT2D eigenvalue weighted by Gasteiger charge is -2.24. The molecule has 0 fully saturated rings. The van der Waals surface area contributed by atoms with E-state index in [2.05, 4.69) is 4.74 Å². The van der Waals surface area contributed by atoms with Crippen molar-refractivity contribution < 1.29 is 37.3 Å². The molecule has 0 saturated carbocycles. The van der Waals surface area contributed by atoms with Crippen LogP contribution < -0.4 is 10.1 Å². The van der Waals surface area contributed by atoms with Crippen molar-refractivity contribution in [2.45, 2.75) is 11.8 Å². The molecule has 1 aliphatic rings. The molecule has 0 spiro atoms. The summed E-state index contributed by atoms with van der Waals surface area (Å²) in [4.78, 5) is 23.5. The number of alkyl halides is 3. The molecule has 0 radical (unpaired) electrons. The van der Waals surface area contributed by atoms with Crippen molar-refractivity contribution in [2.75, 3.05) is 14.2 Å². The van der Waals surface area contributed by atoms with E-state index in [1.54, 1.807) is 0 Å². The van der Waals surface area contributed by atoms with Crippen molar-refractivity contribution in [3.05, 3.63) is 35.4 Å². The van der Waals surface area contributed by atoms with Gasteiger partial charge < -0.3 is 19.9 Å². The van der Waals surface area contributed by atoms with Gasteiger partial charge in [0.25, 0.3) is 11.5 Å². The van der Waals surface area contributed by atoms with Gasteiger partial charge in [0.05, 0.1) is 19.9 Å². The Balaban J connectivity index is 2.67. The minimum atomic E-state index is -5.39. The quantitative estimate of drug-likeness (QED) is 0.808. The summed E-state index contributed by atoms with van der Waals surface area (Å²) in [6, 6.07) is 5.52. The van der Waals surface area contributed by atoms with Gasteiger partial charge in [-0.15, -0.1) is 0 Å². The van der Waals surface area contributed by atoms with Gasteiger partial charge in [-0.1, -0.05) is 0 Å². The fourth-order valence-electron chi connectivity index (χ4n) is 2.16. The molecule has 1 aromatic carbocycles. The summed E-state index contributed by atoms with van der Waals surface area (Å²) in [5.74, 6) is -2.81. The van der Waals surface area contributed by atoms with E-state index in [-0.39, 0.29) is 5.56 Å². The summed E-state index contributed by atoms with van der Waals surface area (Å²) in [6.45, 7) is 0. The van der Waals surface area contributed by atoms with Gasteiger partial charge in [-0.25, -0.2) is 4.79 Å². The number of aliphatic hydroxyl groups is 1. The van der Waals surface area contributed by atoms with Crippen LogP contribution in [0.3, 0.4) is 0 Å². The van der Waals surface area contributed by atoms with Crippen LogP contribution in [0.1, 0.15) is 5.56 Å². The SMILES string of the molecule is COC(=O)C1=C(c2ccc(OC)cc2)NC(=O)C1(O)C(F)(F)F. The number of amides is 1. The van der Waals surface area contributed by atoms with Crippen LogP contribution in [0.15, 0.2) is 29.8 Å². The Labute approximate surface area is 128 Å². The molecule has 6 nitrogen and oxygen atoms in total. The molecule has 0 bridgehead atoms. The topological polar surface area (TPSA) is 84.9 Å². The number of hydrogen-bond acceptors (Lipinski definition) is 5. The highest BCUT2D eigenvalue weighted by Crippen LogP contribution is 2.43. The highest BCUT2D eigenvalue weighted by Gasteiger charge is 2.68. The first kappa shape index (κ1) is 16.8. The van der Waals surface area contributed by atoms with E-state index in [0.29, 0.717) is 5.75 Å². The lowest BCUT2D eigenvalue weighted by molar-refractivity contribution is -0.236.